The first kappa shape index (κ1) is 39.3. The average molecular weight is 719 g/mol. The molecular weight excluding hydrogens is 694 g/mol. The molecule has 0 saturated carbocycles. The van der Waals surface area contributed by atoms with E-state index < -0.39 is 123 Å². The van der Waals surface area contributed by atoms with Gasteiger partial charge in [-0.25, -0.2) is 65.9 Å². The van der Waals surface area contributed by atoms with Gasteiger partial charge in [-0.2, -0.15) is 6.32 Å². The Morgan fingerprint density at radius 1 is 0.408 bits per heavy atom. The molecule has 1 nitrogen and oxygen atoms in total. The van der Waals surface area contributed by atoms with E-state index in [-0.39, 0.29) is 6.42 Å². The van der Waals surface area contributed by atoms with Crippen molar-refractivity contribution in [2.24, 2.45) is 0 Å². The highest BCUT2D eigenvalue weighted by Crippen LogP contribution is 2.30. The summed E-state index contributed by atoms with van der Waals surface area (Å²) >= 11 is 0. The molecule has 0 heterocycles. The standard InChI is InChI=1S/C22H9BF15.C10H15N/c1-2-3-4-23(5-8(24)14(30)20(36)15(31)9(5)25,6-10(26)16(32)21(37)17(33)11(6)27)7-12(28)18(34)22(38)19(35)13(7)29;1-3-11(4-2)10-8-6-5-7-9-10/h2-4H2,1H3;5-9H,3-4H2,1-2H3/q-1;/p+1. The van der Waals surface area contributed by atoms with Gasteiger partial charge < -0.3 is 4.90 Å². The van der Waals surface area contributed by atoms with Crippen molar-refractivity contribution in [2.45, 2.75) is 39.9 Å². The van der Waals surface area contributed by atoms with Gasteiger partial charge in [0.25, 0.3) is 0 Å². The van der Waals surface area contributed by atoms with Crippen LogP contribution in [-0.2, 0) is 0 Å². The lowest BCUT2D eigenvalue weighted by Crippen LogP contribution is -3.06. The molecule has 4 aromatic rings. The number of para-hydroxylation sites is 1. The van der Waals surface area contributed by atoms with Gasteiger partial charge in [0.05, 0.1) is 13.1 Å². The predicted octanol–water partition coefficient (Wildman–Crippen LogP) is 7.29. The van der Waals surface area contributed by atoms with Gasteiger partial charge in [-0.05, 0) is 26.0 Å². The van der Waals surface area contributed by atoms with Crippen LogP contribution in [-0.4, -0.2) is 19.2 Å². The lowest BCUT2D eigenvalue weighted by molar-refractivity contribution is -0.828. The minimum atomic E-state index is -5.41. The van der Waals surface area contributed by atoms with Crippen LogP contribution in [0.25, 0.3) is 0 Å². The van der Waals surface area contributed by atoms with E-state index in [4.69, 9.17) is 0 Å². The summed E-state index contributed by atoms with van der Waals surface area (Å²) in [5.41, 5.74) is -6.30. The molecule has 0 aromatic heterocycles. The van der Waals surface area contributed by atoms with E-state index in [9.17, 15) is 39.5 Å². The molecule has 4 rings (SSSR count). The van der Waals surface area contributed by atoms with Gasteiger partial charge in [0, 0.05) is 0 Å². The molecule has 0 spiro atoms. The molecule has 1 N–H and O–H groups in total. The fourth-order valence-electron chi connectivity index (χ4n) is 5.87. The fraction of sp³-hybridized carbons (Fsp3) is 0.250. The van der Waals surface area contributed by atoms with Crippen molar-refractivity contribution >= 4 is 28.2 Å². The van der Waals surface area contributed by atoms with Crippen LogP contribution in [0, 0.1) is 87.3 Å². The van der Waals surface area contributed by atoms with E-state index >= 15 is 26.3 Å². The van der Waals surface area contributed by atoms with Gasteiger partial charge in [0.15, 0.2) is 52.4 Å². The molecule has 0 aliphatic rings. The Morgan fingerprint density at radius 3 is 0.918 bits per heavy atom. The minimum Gasteiger partial charge on any atom is -0.303 e. The monoisotopic (exact) mass is 719 g/mol. The van der Waals surface area contributed by atoms with Crippen LogP contribution in [0.15, 0.2) is 30.3 Å². The van der Waals surface area contributed by atoms with Crippen LogP contribution in [0.2, 0.25) is 6.32 Å². The molecule has 0 bridgehead atoms. The summed E-state index contributed by atoms with van der Waals surface area (Å²) < 4.78 is 217. The maximum atomic E-state index is 15.1. The predicted molar refractivity (Wildman–Crippen MR) is 151 cm³/mol. The lowest BCUT2D eigenvalue weighted by atomic mass is 9.13. The van der Waals surface area contributed by atoms with Gasteiger partial charge in [-0.1, -0.05) is 38.0 Å². The summed E-state index contributed by atoms with van der Waals surface area (Å²) in [6, 6.07) is 10.6. The minimum absolute atomic E-state index is 0.316. The second-order valence-corrected chi connectivity index (χ2v) is 10.8. The Labute approximate surface area is 269 Å². The third-order valence-corrected chi connectivity index (χ3v) is 8.24. The van der Waals surface area contributed by atoms with Crippen LogP contribution in [0.1, 0.15) is 33.6 Å². The normalized spacial score (nSPS) is 11.7. The Bertz CT molecular complexity index is 1590. The third kappa shape index (κ3) is 6.73. The van der Waals surface area contributed by atoms with Gasteiger partial charge in [-0.3, -0.25) is 0 Å². The van der Waals surface area contributed by atoms with Gasteiger partial charge in [0.1, 0.15) is 46.7 Å². The summed E-state index contributed by atoms with van der Waals surface area (Å²) in [6.07, 6.45) is -8.14. The van der Waals surface area contributed by atoms with Crippen molar-refractivity contribution in [1.82, 2.24) is 0 Å². The number of hydrogen-bond donors (Lipinski definition) is 1. The van der Waals surface area contributed by atoms with Crippen LogP contribution in [0.5, 0.6) is 0 Å². The molecule has 0 aliphatic heterocycles. The largest absolute Gasteiger partial charge is 0.303 e. The van der Waals surface area contributed by atoms with E-state index in [1.807, 2.05) is 0 Å². The number of quaternary nitrogens is 1. The number of hydrogen-bond acceptors (Lipinski definition) is 0. The molecule has 0 atom stereocenters. The topological polar surface area (TPSA) is 4.44 Å². The highest BCUT2D eigenvalue weighted by molar-refractivity contribution is 7.11. The van der Waals surface area contributed by atoms with Crippen molar-refractivity contribution in [3.8, 4) is 0 Å². The third-order valence-electron chi connectivity index (χ3n) is 8.24. The van der Waals surface area contributed by atoms with Crippen molar-refractivity contribution in [3.63, 3.8) is 0 Å². The zero-order chi connectivity index (χ0) is 37.1. The number of benzene rings is 4. The van der Waals surface area contributed by atoms with Crippen molar-refractivity contribution in [2.75, 3.05) is 13.1 Å². The first-order chi connectivity index (χ1) is 23.0. The molecule has 0 radical (unpaired) electrons. The number of halogens is 15. The van der Waals surface area contributed by atoms with Crippen molar-refractivity contribution in [3.05, 3.63) is 118 Å². The van der Waals surface area contributed by atoms with Gasteiger partial charge >= 0.3 is 0 Å². The second kappa shape index (κ2) is 15.6. The van der Waals surface area contributed by atoms with E-state index in [1.165, 1.54) is 25.7 Å². The molecule has 4 aromatic carbocycles. The smallest absolute Gasteiger partial charge is 0.200 e. The summed E-state index contributed by atoms with van der Waals surface area (Å²) in [7, 11) is 0. The Hall–Kier alpha value is -4.15. The molecule has 0 saturated heterocycles. The zero-order valence-corrected chi connectivity index (χ0v) is 25.7. The van der Waals surface area contributed by atoms with Crippen molar-refractivity contribution in [1.29, 1.82) is 0 Å². The Kier molecular flexibility index (Phi) is 12.5. The highest BCUT2D eigenvalue weighted by Gasteiger charge is 2.47. The van der Waals surface area contributed by atoms with Gasteiger partial charge in [-0.15, -0.1) is 16.4 Å². The van der Waals surface area contributed by atoms with E-state index in [0.29, 0.717) is 0 Å². The molecule has 0 aliphatic carbocycles. The first-order valence-corrected chi connectivity index (χ1v) is 14.6. The summed E-state index contributed by atoms with van der Waals surface area (Å²) in [6.45, 7) is 7.94. The molecular formula is C32H25BF15N. The second-order valence-electron chi connectivity index (χ2n) is 10.8. The molecule has 0 unspecified atom stereocenters. The maximum absolute atomic E-state index is 15.1. The average Bonchev–Trinajstić information content (AvgIpc) is 3.10. The first-order valence-electron chi connectivity index (χ1n) is 14.6. The van der Waals surface area contributed by atoms with Crippen LogP contribution >= 0.6 is 0 Å². The molecule has 49 heavy (non-hydrogen) atoms. The van der Waals surface area contributed by atoms with E-state index in [0.717, 1.165) is 0 Å². The van der Waals surface area contributed by atoms with E-state index in [2.05, 4.69) is 44.2 Å². The van der Waals surface area contributed by atoms with Crippen LogP contribution in [0.4, 0.5) is 71.5 Å². The lowest BCUT2D eigenvalue weighted by Gasteiger charge is -2.44. The zero-order valence-electron chi connectivity index (χ0n) is 25.7. The molecule has 266 valence electrons. The Morgan fingerprint density at radius 2 is 0.673 bits per heavy atom. The van der Waals surface area contributed by atoms with Crippen LogP contribution < -0.4 is 21.3 Å². The molecule has 0 fully saturated rings. The molecule has 0 amide bonds. The van der Waals surface area contributed by atoms with E-state index in [1.54, 1.807) is 4.90 Å². The molecule has 17 heteroatoms. The summed E-state index contributed by atoms with van der Waals surface area (Å²) in [5, 5.41) is 0. The quantitative estimate of drug-likeness (QED) is 0.0804. The van der Waals surface area contributed by atoms with Gasteiger partial charge in [0.2, 0.25) is 0 Å². The Balaban J connectivity index is 0.000000501. The maximum Gasteiger partial charge on any atom is 0.200 e. The summed E-state index contributed by atoms with van der Waals surface area (Å²) in [4.78, 5) is 1.55. The van der Waals surface area contributed by atoms with Crippen LogP contribution in [0.3, 0.4) is 0 Å². The number of unbranched alkanes of at least 4 members (excludes halogenated alkanes) is 1. The summed E-state index contributed by atoms with van der Waals surface area (Å²) in [5.74, 6) is -44.7. The highest BCUT2D eigenvalue weighted by atomic mass is 19.2. The van der Waals surface area contributed by atoms with Crippen molar-refractivity contribution < 1.29 is 70.8 Å². The fourth-order valence-corrected chi connectivity index (χ4v) is 5.87. The SMILES string of the molecule is CCCC[B-](c1c(F)c(F)c(F)c(F)c1F)(c1c(F)c(F)c(F)c(F)c1F)c1c(F)c(F)c(F)c(F)c1F.CC[NH+](CC)c1ccccc1. The number of nitrogens with one attached hydrogen (secondary N) is 1. The number of rotatable bonds is 9.